The lowest BCUT2D eigenvalue weighted by atomic mass is 10.0. The summed E-state index contributed by atoms with van der Waals surface area (Å²) in [6.45, 7) is 8.78. The summed E-state index contributed by atoms with van der Waals surface area (Å²) < 4.78 is 1.19. The predicted molar refractivity (Wildman–Crippen MR) is 108 cm³/mol. The highest BCUT2D eigenvalue weighted by molar-refractivity contribution is 4.49. The van der Waals surface area contributed by atoms with Gasteiger partial charge in [-0.25, -0.2) is 0 Å². The fourth-order valence-electron chi connectivity index (χ4n) is 2.89. The number of quaternary nitrogens is 1. The monoisotopic (exact) mass is 343 g/mol. The zero-order valence-electron chi connectivity index (χ0n) is 17.9. The third-order valence-corrected chi connectivity index (χ3v) is 4.97. The summed E-state index contributed by atoms with van der Waals surface area (Å²) in [7, 11) is 4.70. The molecule has 0 fully saturated rings. The minimum absolute atomic E-state index is 0. The molecule has 0 spiro atoms. The van der Waals surface area contributed by atoms with E-state index in [-0.39, 0.29) is 6.61 Å². The molecule has 0 saturated heterocycles. The Labute approximate surface area is 154 Å². The molecule has 0 aliphatic rings. The Morgan fingerprint density at radius 2 is 0.833 bits per heavy atom. The van der Waals surface area contributed by atoms with Gasteiger partial charge in [-0.05, 0) is 19.8 Å². The molecule has 2 nitrogen and oxygen atoms in total. The fraction of sp³-hybridized carbons (Fsp3) is 1.00. The molecular weight excluding hydrogens is 294 g/mol. The zero-order chi connectivity index (χ0) is 18.5. The Morgan fingerprint density at radius 1 is 0.542 bits per heavy atom. The van der Waals surface area contributed by atoms with Crippen LogP contribution in [0.1, 0.15) is 111 Å². The first kappa shape index (κ1) is 26.2. The molecule has 0 aliphatic carbocycles. The van der Waals surface area contributed by atoms with Crippen LogP contribution in [-0.4, -0.2) is 38.3 Å². The number of unbranched alkanes of at least 4 members (excludes halogenated alkanes) is 13. The average Bonchev–Trinajstić information content (AvgIpc) is 2.56. The van der Waals surface area contributed by atoms with Crippen molar-refractivity contribution in [2.24, 2.45) is 0 Å². The third kappa shape index (κ3) is 24.2. The quantitative estimate of drug-likeness (QED) is 0.251. The van der Waals surface area contributed by atoms with E-state index in [9.17, 15) is 0 Å². The van der Waals surface area contributed by atoms with Crippen molar-refractivity contribution in [3.63, 3.8) is 0 Å². The summed E-state index contributed by atoms with van der Waals surface area (Å²) in [5.41, 5.74) is 0. The fourth-order valence-corrected chi connectivity index (χ4v) is 2.89. The average molecular weight is 344 g/mol. The van der Waals surface area contributed by atoms with Crippen molar-refractivity contribution in [1.82, 2.24) is 0 Å². The van der Waals surface area contributed by atoms with Crippen LogP contribution < -0.4 is 5.11 Å². The molecule has 148 valence electrons. The molecule has 0 heterocycles. The van der Waals surface area contributed by atoms with Crippen LogP contribution in [0.4, 0.5) is 0 Å². The molecule has 24 heavy (non-hydrogen) atoms. The van der Waals surface area contributed by atoms with Crippen LogP contribution in [0.25, 0.3) is 0 Å². The maximum absolute atomic E-state index is 8.93. The van der Waals surface area contributed by atoms with E-state index in [4.69, 9.17) is 5.11 Å². The first-order chi connectivity index (χ1) is 11.5. The summed E-state index contributed by atoms with van der Waals surface area (Å²) in [5.74, 6) is 0. The van der Waals surface area contributed by atoms with Gasteiger partial charge in [0.25, 0.3) is 0 Å². The normalized spacial score (nSPS) is 11.2. The molecule has 0 unspecified atom stereocenters. The van der Waals surface area contributed by atoms with Crippen LogP contribution in [0.2, 0.25) is 0 Å². The summed E-state index contributed by atoms with van der Waals surface area (Å²) in [6.07, 6.45) is 20.4. The summed E-state index contributed by atoms with van der Waals surface area (Å²) in [4.78, 5) is 0. The molecule has 0 rings (SSSR count). The zero-order valence-corrected chi connectivity index (χ0v) is 17.9. The maximum Gasteiger partial charge on any atom is 0.0782 e. The lowest BCUT2D eigenvalue weighted by molar-refractivity contribution is -0.888. The van der Waals surface area contributed by atoms with Gasteiger partial charge >= 0.3 is 0 Å². The minimum atomic E-state index is 0. The van der Waals surface area contributed by atoms with E-state index in [0.717, 1.165) is 0 Å². The van der Waals surface area contributed by atoms with Crippen LogP contribution in [0.15, 0.2) is 0 Å². The van der Waals surface area contributed by atoms with Crippen molar-refractivity contribution in [3.05, 3.63) is 0 Å². The second-order valence-corrected chi connectivity index (χ2v) is 7.86. The van der Waals surface area contributed by atoms with Gasteiger partial charge in [-0.1, -0.05) is 90.9 Å². The molecule has 0 aromatic carbocycles. The number of rotatable bonds is 16. The lowest BCUT2D eigenvalue weighted by Gasteiger charge is -2.28. The van der Waals surface area contributed by atoms with E-state index in [0.29, 0.717) is 0 Å². The first-order valence-electron chi connectivity index (χ1n) is 10.9. The number of hydrogen-bond acceptors (Lipinski definition) is 1. The Balaban J connectivity index is 0. The van der Waals surface area contributed by atoms with Gasteiger partial charge in [0.2, 0.25) is 0 Å². The van der Waals surface area contributed by atoms with E-state index in [1.54, 1.807) is 6.92 Å². The number of hydrogen-bond donors (Lipinski definition) is 0. The molecule has 0 radical (unpaired) electrons. The van der Waals surface area contributed by atoms with Gasteiger partial charge in [0.15, 0.2) is 0 Å². The number of nitrogens with zero attached hydrogens (tertiary/aromatic N) is 1. The molecule has 2 heteroatoms. The van der Waals surface area contributed by atoms with Crippen LogP contribution in [-0.2, 0) is 0 Å². The highest BCUT2D eigenvalue weighted by Crippen LogP contribution is 2.13. The van der Waals surface area contributed by atoms with Gasteiger partial charge < -0.3 is 9.59 Å². The highest BCUT2D eigenvalue weighted by atomic mass is 16.2. The lowest BCUT2D eigenvalue weighted by Crippen LogP contribution is -2.39. The van der Waals surface area contributed by atoms with Crippen LogP contribution in [0.5, 0.6) is 0 Å². The Morgan fingerprint density at radius 3 is 1.12 bits per heavy atom. The van der Waals surface area contributed by atoms with Crippen molar-refractivity contribution in [3.8, 4) is 0 Å². The first-order valence-corrected chi connectivity index (χ1v) is 10.9. The van der Waals surface area contributed by atoms with Gasteiger partial charge in [-0.3, -0.25) is 0 Å². The molecular formula is C22H49NO. The Bertz CT molecular complexity index is 216. The van der Waals surface area contributed by atoms with Crippen molar-refractivity contribution in [2.45, 2.75) is 111 Å². The smallest absolute Gasteiger partial charge is 0.0782 e. The Kier molecular flexibility index (Phi) is 22.8. The predicted octanol–water partition coefficient (Wildman–Crippen LogP) is 5.93. The maximum atomic E-state index is 8.93. The van der Waals surface area contributed by atoms with Crippen molar-refractivity contribution in [1.29, 1.82) is 0 Å². The van der Waals surface area contributed by atoms with Gasteiger partial charge in [0.05, 0.1) is 27.2 Å². The topological polar surface area (TPSA) is 23.1 Å². The molecule has 0 amide bonds. The summed E-state index contributed by atoms with van der Waals surface area (Å²) in [6, 6.07) is 0. The SMILES string of the molecule is CCCCCCCCCCCCCCCC[N+](C)(C)CC.CC[O-]. The molecule has 0 aromatic rings. The van der Waals surface area contributed by atoms with Gasteiger partial charge in [0, 0.05) is 0 Å². The standard InChI is InChI=1S/C20H44N.C2H5O/c1-5-7-8-9-10-11-12-13-14-15-16-17-18-19-20-21(3,4)6-2;1-2-3/h5-20H2,1-4H3;2H2,1H3/q+1;-1. The third-order valence-electron chi connectivity index (χ3n) is 4.97. The largest absolute Gasteiger partial charge is 0.855 e. The van der Waals surface area contributed by atoms with E-state index >= 15 is 0 Å². The highest BCUT2D eigenvalue weighted by Gasteiger charge is 2.09. The van der Waals surface area contributed by atoms with Crippen molar-refractivity contribution < 1.29 is 9.59 Å². The second kappa shape index (κ2) is 21.0. The molecule has 0 atom stereocenters. The van der Waals surface area contributed by atoms with E-state index in [2.05, 4.69) is 27.9 Å². The van der Waals surface area contributed by atoms with Crippen LogP contribution >= 0.6 is 0 Å². The van der Waals surface area contributed by atoms with E-state index < -0.39 is 0 Å². The van der Waals surface area contributed by atoms with Crippen molar-refractivity contribution in [2.75, 3.05) is 33.8 Å². The van der Waals surface area contributed by atoms with Crippen LogP contribution in [0.3, 0.4) is 0 Å². The Hall–Kier alpha value is -0.0800. The molecule has 0 bridgehead atoms. The molecule has 0 N–H and O–H groups in total. The van der Waals surface area contributed by atoms with E-state index in [1.807, 2.05) is 0 Å². The second-order valence-electron chi connectivity index (χ2n) is 7.86. The minimum Gasteiger partial charge on any atom is -0.855 e. The molecule has 0 saturated carbocycles. The summed E-state index contributed by atoms with van der Waals surface area (Å²) in [5, 5.41) is 8.93. The van der Waals surface area contributed by atoms with Crippen molar-refractivity contribution >= 4 is 0 Å². The van der Waals surface area contributed by atoms with Gasteiger partial charge in [0.1, 0.15) is 0 Å². The molecule has 0 aliphatic heterocycles. The molecule has 0 aromatic heterocycles. The summed E-state index contributed by atoms with van der Waals surface area (Å²) >= 11 is 0. The van der Waals surface area contributed by atoms with Gasteiger partial charge in [-0.2, -0.15) is 0 Å². The van der Waals surface area contributed by atoms with Crippen LogP contribution in [0, 0.1) is 0 Å². The van der Waals surface area contributed by atoms with E-state index in [1.165, 1.54) is 107 Å². The van der Waals surface area contributed by atoms with Gasteiger partial charge in [-0.15, -0.1) is 6.61 Å².